The Kier molecular flexibility index (Phi) is 7.17. The molecule has 0 atom stereocenters. The Morgan fingerprint density at radius 3 is 1.45 bits per heavy atom. The Labute approximate surface area is 136 Å². The maximum absolute atomic E-state index is 10.5. The zero-order chi connectivity index (χ0) is 16.7. The highest BCUT2D eigenvalue weighted by atomic mass is 16.3. The molecule has 0 bridgehead atoms. The number of allylic oxidation sites excluding steroid dienone is 6. The molecule has 1 heteroatoms. The molecule has 1 N–H and O–H groups in total. The molecule has 0 heterocycles. The molecule has 0 spiro atoms. The van der Waals surface area contributed by atoms with E-state index in [9.17, 15) is 5.11 Å². The maximum Gasteiger partial charge on any atom is 0.122 e. The van der Waals surface area contributed by atoms with E-state index < -0.39 is 0 Å². The van der Waals surface area contributed by atoms with Crippen LogP contribution in [-0.2, 0) is 19.3 Å². The maximum atomic E-state index is 10.5. The predicted octanol–water partition coefficient (Wildman–Crippen LogP) is 5.92. The molecule has 0 aliphatic carbocycles. The van der Waals surface area contributed by atoms with Gasteiger partial charge in [0.05, 0.1) is 0 Å². The van der Waals surface area contributed by atoms with Crippen molar-refractivity contribution in [2.45, 2.75) is 60.8 Å². The van der Waals surface area contributed by atoms with Gasteiger partial charge in [-0.15, -0.1) is 0 Å². The molecule has 0 radical (unpaired) electrons. The van der Waals surface area contributed by atoms with Crippen molar-refractivity contribution in [1.29, 1.82) is 0 Å². The van der Waals surface area contributed by atoms with E-state index in [2.05, 4.69) is 71.9 Å². The van der Waals surface area contributed by atoms with Gasteiger partial charge in [0.25, 0.3) is 0 Å². The molecule has 1 aromatic carbocycles. The van der Waals surface area contributed by atoms with Gasteiger partial charge in [0.1, 0.15) is 5.75 Å². The number of phenolic OH excluding ortho intramolecular Hbond substituents is 1. The third-order valence-electron chi connectivity index (χ3n) is 3.53. The largest absolute Gasteiger partial charge is 0.507 e. The minimum atomic E-state index is 0.455. The van der Waals surface area contributed by atoms with Crippen molar-refractivity contribution in [3.05, 3.63) is 63.8 Å². The summed E-state index contributed by atoms with van der Waals surface area (Å²) in [5, 5.41) is 10.5. The first-order valence-corrected chi connectivity index (χ1v) is 8.03. The predicted molar refractivity (Wildman–Crippen MR) is 97.5 cm³/mol. The third-order valence-corrected chi connectivity index (χ3v) is 3.53. The van der Waals surface area contributed by atoms with E-state index >= 15 is 0 Å². The van der Waals surface area contributed by atoms with Crippen molar-refractivity contribution in [2.24, 2.45) is 0 Å². The van der Waals surface area contributed by atoms with E-state index in [-0.39, 0.29) is 0 Å². The van der Waals surface area contributed by atoms with Crippen molar-refractivity contribution in [3.8, 4) is 5.75 Å². The molecule has 0 aliphatic heterocycles. The molecule has 0 aliphatic rings. The van der Waals surface area contributed by atoms with Gasteiger partial charge >= 0.3 is 0 Å². The van der Waals surface area contributed by atoms with Crippen LogP contribution in [0.3, 0.4) is 0 Å². The van der Waals surface area contributed by atoms with Gasteiger partial charge in [-0.2, -0.15) is 0 Å². The Hall–Kier alpha value is -1.76. The number of benzene rings is 1. The van der Waals surface area contributed by atoms with Crippen LogP contribution in [0.5, 0.6) is 5.75 Å². The molecular formula is C21H30O. The first-order chi connectivity index (χ1) is 10.3. The molecule has 120 valence electrons. The van der Waals surface area contributed by atoms with Crippen LogP contribution in [-0.4, -0.2) is 5.11 Å². The Balaban J connectivity index is 3.20. The van der Waals surface area contributed by atoms with Gasteiger partial charge in [0.2, 0.25) is 0 Å². The van der Waals surface area contributed by atoms with Gasteiger partial charge in [0.15, 0.2) is 0 Å². The van der Waals surface area contributed by atoms with E-state index in [0.717, 1.165) is 30.4 Å². The van der Waals surface area contributed by atoms with Crippen LogP contribution in [0.1, 0.15) is 58.2 Å². The molecule has 22 heavy (non-hydrogen) atoms. The van der Waals surface area contributed by atoms with E-state index in [4.69, 9.17) is 0 Å². The Bertz CT molecular complexity index is 547. The first kappa shape index (κ1) is 18.3. The van der Waals surface area contributed by atoms with Crippen LogP contribution in [0.15, 0.2) is 47.1 Å². The highest BCUT2D eigenvalue weighted by Gasteiger charge is 2.08. The quantitative estimate of drug-likeness (QED) is 0.646. The van der Waals surface area contributed by atoms with Crippen molar-refractivity contribution in [3.63, 3.8) is 0 Å². The lowest BCUT2D eigenvalue weighted by atomic mass is 9.96. The molecule has 1 aromatic rings. The van der Waals surface area contributed by atoms with E-state index in [1.54, 1.807) is 0 Å². The van der Waals surface area contributed by atoms with E-state index in [1.165, 1.54) is 22.3 Å². The van der Waals surface area contributed by atoms with Gasteiger partial charge in [0, 0.05) is 0 Å². The molecule has 0 aromatic heterocycles. The summed E-state index contributed by atoms with van der Waals surface area (Å²) in [5.74, 6) is 0.455. The van der Waals surface area contributed by atoms with Gasteiger partial charge in [-0.25, -0.2) is 0 Å². The minimum absolute atomic E-state index is 0.455. The van der Waals surface area contributed by atoms with Crippen LogP contribution in [0.4, 0.5) is 0 Å². The van der Waals surface area contributed by atoms with Gasteiger partial charge in [-0.3, -0.25) is 0 Å². The fourth-order valence-corrected chi connectivity index (χ4v) is 2.21. The first-order valence-electron chi connectivity index (χ1n) is 8.03. The van der Waals surface area contributed by atoms with E-state index in [0.29, 0.717) is 5.75 Å². The summed E-state index contributed by atoms with van der Waals surface area (Å²) in [6, 6.07) is 4.28. The Morgan fingerprint density at radius 2 is 1.09 bits per heavy atom. The molecule has 0 unspecified atom stereocenters. The molecule has 0 amide bonds. The number of rotatable bonds is 6. The fraction of sp³-hybridized carbons (Fsp3) is 0.429. The second-order valence-corrected chi connectivity index (χ2v) is 6.72. The van der Waals surface area contributed by atoms with Crippen molar-refractivity contribution in [2.75, 3.05) is 0 Å². The summed E-state index contributed by atoms with van der Waals surface area (Å²) in [6.45, 7) is 12.6. The fourth-order valence-electron chi connectivity index (χ4n) is 2.21. The van der Waals surface area contributed by atoms with Crippen LogP contribution < -0.4 is 0 Å². The summed E-state index contributed by atoms with van der Waals surface area (Å²) < 4.78 is 0. The van der Waals surface area contributed by atoms with Crippen LogP contribution in [0, 0.1) is 0 Å². The number of hydrogen-bond acceptors (Lipinski definition) is 1. The summed E-state index contributed by atoms with van der Waals surface area (Å²) >= 11 is 0. The monoisotopic (exact) mass is 298 g/mol. The summed E-state index contributed by atoms with van der Waals surface area (Å²) in [5.41, 5.74) is 7.20. The lowest BCUT2D eigenvalue weighted by molar-refractivity contribution is 0.463. The molecular weight excluding hydrogens is 268 g/mol. The number of hydrogen-bond donors (Lipinski definition) is 1. The molecule has 0 fully saturated rings. The van der Waals surface area contributed by atoms with Crippen LogP contribution in [0.2, 0.25) is 0 Å². The van der Waals surface area contributed by atoms with Crippen molar-refractivity contribution < 1.29 is 5.11 Å². The van der Waals surface area contributed by atoms with Crippen LogP contribution in [0.25, 0.3) is 0 Å². The minimum Gasteiger partial charge on any atom is -0.507 e. The number of aromatic hydroxyl groups is 1. The smallest absolute Gasteiger partial charge is 0.122 e. The number of phenols is 1. The average Bonchev–Trinajstić information content (AvgIpc) is 2.42. The summed E-state index contributed by atoms with van der Waals surface area (Å²) in [4.78, 5) is 0. The standard InChI is InChI=1S/C21H30O/c1-15(2)7-10-18-13-19(11-8-16(3)4)21(22)20(14-18)12-9-17(5)6/h7-9,13-14,22H,10-12H2,1-6H3. The molecule has 0 saturated carbocycles. The van der Waals surface area contributed by atoms with Crippen molar-refractivity contribution in [1.82, 2.24) is 0 Å². The lowest BCUT2D eigenvalue weighted by Crippen LogP contribution is -1.95. The van der Waals surface area contributed by atoms with Gasteiger partial charge < -0.3 is 5.11 Å². The second-order valence-electron chi connectivity index (χ2n) is 6.72. The zero-order valence-electron chi connectivity index (χ0n) is 15.0. The lowest BCUT2D eigenvalue weighted by Gasteiger charge is -2.11. The van der Waals surface area contributed by atoms with Gasteiger partial charge in [-0.1, -0.05) is 47.1 Å². The normalized spacial score (nSPS) is 10.1. The highest BCUT2D eigenvalue weighted by Crippen LogP contribution is 2.27. The van der Waals surface area contributed by atoms with Crippen molar-refractivity contribution >= 4 is 0 Å². The topological polar surface area (TPSA) is 20.2 Å². The average molecular weight is 298 g/mol. The second kappa shape index (κ2) is 8.63. The molecule has 1 rings (SSSR count). The van der Waals surface area contributed by atoms with Crippen LogP contribution >= 0.6 is 0 Å². The Morgan fingerprint density at radius 1 is 0.727 bits per heavy atom. The summed E-state index contributed by atoms with van der Waals surface area (Å²) in [6.07, 6.45) is 9.08. The third kappa shape index (κ3) is 6.34. The highest BCUT2D eigenvalue weighted by molar-refractivity contribution is 5.46. The SMILES string of the molecule is CC(C)=CCc1cc(CC=C(C)C)c(O)c(CC=C(C)C)c1. The molecule has 0 saturated heterocycles. The zero-order valence-corrected chi connectivity index (χ0v) is 15.0. The van der Waals surface area contributed by atoms with Gasteiger partial charge in [-0.05, 0) is 77.5 Å². The van der Waals surface area contributed by atoms with E-state index in [1.807, 2.05) is 0 Å². The summed E-state index contributed by atoms with van der Waals surface area (Å²) in [7, 11) is 0. The molecule has 1 nitrogen and oxygen atoms in total.